The molecule has 0 N–H and O–H groups in total. The van der Waals surface area contributed by atoms with Gasteiger partial charge in [-0.3, -0.25) is 0 Å². The summed E-state index contributed by atoms with van der Waals surface area (Å²) in [4.78, 5) is 0.182. The molecule has 1 aromatic carbocycles. The number of halogens is 2. The highest BCUT2D eigenvalue weighted by atomic mass is 35.5. The Morgan fingerprint density at radius 2 is 1.60 bits per heavy atom. The molecular weight excluding hydrogens is 257 g/mol. The van der Waals surface area contributed by atoms with Gasteiger partial charge in [0.15, 0.2) is 0 Å². The number of aryl methyl sites for hydroxylation is 1. The Labute approximate surface area is 99.7 Å². The molecule has 0 unspecified atom stereocenters. The summed E-state index contributed by atoms with van der Waals surface area (Å²) in [5.74, 6) is 0. The van der Waals surface area contributed by atoms with E-state index in [2.05, 4.69) is 0 Å². The Morgan fingerprint density at radius 3 is 2.07 bits per heavy atom. The first kappa shape index (κ1) is 12.8. The van der Waals surface area contributed by atoms with Crippen LogP contribution in [0.1, 0.15) is 5.56 Å². The molecule has 6 heteroatoms. The Balaban J connectivity index is 3.46. The van der Waals surface area contributed by atoms with Gasteiger partial charge in [-0.25, -0.2) is 12.7 Å². The van der Waals surface area contributed by atoms with Crippen LogP contribution in [0.5, 0.6) is 0 Å². The molecule has 0 aromatic heterocycles. The molecule has 0 atom stereocenters. The smallest absolute Gasteiger partial charge is 0.207 e. The summed E-state index contributed by atoms with van der Waals surface area (Å²) in [6.45, 7) is 1.68. The van der Waals surface area contributed by atoms with Crippen LogP contribution in [0.4, 0.5) is 0 Å². The van der Waals surface area contributed by atoms with Crippen LogP contribution in [0.25, 0.3) is 0 Å². The number of rotatable bonds is 2. The average molecular weight is 268 g/mol. The Kier molecular flexibility index (Phi) is 3.66. The van der Waals surface area contributed by atoms with Crippen molar-refractivity contribution in [2.75, 3.05) is 14.1 Å². The van der Waals surface area contributed by atoms with Crippen LogP contribution in [0.15, 0.2) is 17.0 Å². The van der Waals surface area contributed by atoms with Crippen molar-refractivity contribution < 1.29 is 8.42 Å². The molecule has 0 aliphatic carbocycles. The van der Waals surface area contributed by atoms with Gasteiger partial charge in [0.2, 0.25) is 10.0 Å². The summed E-state index contributed by atoms with van der Waals surface area (Å²) in [6, 6.07) is 2.91. The maximum Gasteiger partial charge on any atom is 0.242 e. The number of benzene rings is 1. The van der Waals surface area contributed by atoms with E-state index in [-0.39, 0.29) is 9.92 Å². The van der Waals surface area contributed by atoms with E-state index in [0.717, 1.165) is 4.31 Å². The third-order valence-corrected chi connectivity index (χ3v) is 4.66. The minimum absolute atomic E-state index is 0.182. The van der Waals surface area contributed by atoms with E-state index >= 15 is 0 Å². The van der Waals surface area contributed by atoms with Crippen molar-refractivity contribution in [3.63, 3.8) is 0 Å². The molecule has 0 heterocycles. The van der Waals surface area contributed by atoms with Gasteiger partial charge in [0, 0.05) is 14.1 Å². The van der Waals surface area contributed by atoms with Crippen molar-refractivity contribution in [2.24, 2.45) is 0 Å². The maximum atomic E-state index is 11.8. The zero-order chi connectivity index (χ0) is 11.8. The zero-order valence-electron chi connectivity index (χ0n) is 8.58. The topological polar surface area (TPSA) is 37.4 Å². The molecule has 15 heavy (non-hydrogen) atoms. The average Bonchev–Trinajstić information content (AvgIpc) is 2.10. The molecule has 1 aromatic rings. The minimum Gasteiger partial charge on any atom is -0.207 e. The van der Waals surface area contributed by atoms with E-state index in [4.69, 9.17) is 23.2 Å². The normalized spacial score (nSPS) is 12.1. The van der Waals surface area contributed by atoms with Crippen LogP contribution in [-0.2, 0) is 10.0 Å². The Hall–Kier alpha value is -0.290. The van der Waals surface area contributed by atoms with Crippen molar-refractivity contribution in [2.45, 2.75) is 11.8 Å². The van der Waals surface area contributed by atoms with Crippen LogP contribution >= 0.6 is 23.2 Å². The van der Waals surface area contributed by atoms with E-state index in [1.54, 1.807) is 13.0 Å². The molecule has 1 rings (SSSR count). The summed E-state index contributed by atoms with van der Waals surface area (Å²) < 4.78 is 24.8. The molecule has 0 radical (unpaired) electrons. The second-order valence-corrected chi connectivity index (χ2v) is 6.25. The number of sulfonamides is 1. The van der Waals surface area contributed by atoms with Crippen molar-refractivity contribution in [3.8, 4) is 0 Å². The summed E-state index contributed by atoms with van der Waals surface area (Å²) in [5.41, 5.74) is 0.582. The Morgan fingerprint density at radius 1 is 1.13 bits per heavy atom. The van der Waals surface area contributed by atoms with E-state index < -0.39 is 10.0 Å². The quantitative estimate of drug-likeness (QED) is 0.826. The molecule has 3 nitrogen and oxygen atoms in total. The SMILES string of the molecule is Cc1cc(Cl)c(Cl)cc1S(=O)(=O)N(C)C. The predicted octanol–water partition coefficient (Wildman–Crippen LogP) is 2.55. The van der Waals surface area contributed by atoms with Gasteiger partial charge in [-0.05, 0) is 24.6 Å². The first-order chi connectivity index (χ1) is 6.76. The lowest BCUT2D eigenvalue weighted by Crippen LogP contribution is -2.23. The number of hydrogen-bond acceptors (Lipinski definition) is 2. The third-order valence-electron chi connectivity index (χ3n) is 1.98. The van der Waals surface area contributed by atoms with Crippen LogP contribution < -0.4 is 0 Å². The second kappa shape index (κ2) is 4.29. The fraction of sp³-hybridized carbons (Fsp3) is 0.333. The molecule has 0 saturated carbocycles. The van der Waals surface area contributed by atoms with Gasteiger partial charge in [-0.15, -0.1) is 0 Å². The molecule has 0 amide bonds. The minimum atomic E-state index is -3.46. The molecule has 0 fully saturated rings. The van der Waals surface area contributed by atoms with E-state index in [1.807, 2.05) is 0 Å². The Bertz CT molecular complexity index is 483. The summed E-state index contributed by atoms with van der Waals surface area (Å²) in [6.07, 6.45) is 0. The van der Waals surface area contributed by atoms with Crippen LogP contribution in [0.2, 0.25) is 10.0 Å². The fourth-order valence-electron chi connectivity index (χ4n) is 1.10. The van der Waals surface area contributed by atoms with Crippen molar-refractivity contribution in [1.29, 1.82) is 0 Å². The lowest BCUT2D eigenvalue weighted by atomic mass is 10.2. The van der Waals surface area contributed by atoms with Crippen molar-refractivity contribution >= 4 is 33.2 Å². The maximum absolute atomic E-state index is 11.8. The fourth-order valence-corrected chi connectivity index (χ4v) is 2.68. The summed E-state index contributed by atoms with van der Waals surface area (Å²) in [5, 5.41) is 0.592. The summed E-state index contributed by atoms with van der Waals surface area (Å²) in [7, 11) is -0.518. The summed E-state index contributed by atoms with van der Waals surface area (Å²) >= 11 is 11.6. The van der Waals surface area contributed by atoms with Gasteiger partial charge in [0.1, 0.15) is 0 Å². The van der Waals surface area contributed by atoms with Gasteiger partial charge in [-0.1, -0.05) is 23.2 Å². The van der Waals surface area contributed by atoms with Gasteiger partial charge in [-0.2, -0.15) is 0 Å². The molecule has 84 valence electrons. The predicted molar refractivity (Wildman–Crippen MR) is 62.1 cm³/mol. The highest BCUT2D eigenvalue weighted by Crippen LogP contribution is 2.29. The van der Waals surface area contributed by atoms with Gasteiger partial charge < -0.3 is 0 Å². The third kappa shape index (κ3) is 2.45. The molecule has 0 bridgehead atoms. The lowest BCUT2D eigenvalue weighted by molar-refractivity contribution is 0.520. The van der Waals surface area contributed by atoms with Gasteiger partial charge in [0.25, 0.3) is 0 Å². The number of nitrogens with zero attached hydrogens (tertiary/aromatic N) is 1. The van der Waals surface area contributed by atoms with Gasteiger partial charge >= 0.3 is 0 Å². The van der Waals surface area contributed by atoms with Crippen LogP contribution in [-0.4, -0.2) is 26.8 Å². The van der Waals surface area contributed by atoms with Crippen molar-refractivity contribution in [3.05, 3.63) is 27.7 Å². The highest BCUT2D eigenvalue weighted by molar-refractivity contribution is 7.89. The molecule has 0 spiro atoms. The van der Waals surface area contributed by atoms with Crippen LogP contribution in [0.3, 0.4) is 0 Å². The standard InChI is InChI=1S/C9H11Cl2NO2S/c1-6-4-7(10)8(11)5-9(6)15(13,14)12(2)3/h4-5H,1-3H3. The van der Waals surface area contributed by atoms with Gasteiger partial charge in [0.05, 0.1) is 14.9 Å². The van der Waals surface area contributed by atoms with Crippen molar-refractivity contribution in [1.82, 2.24) is 4.31 Å². The largest absolute Gasteiger partial charge is 0.242 e. The zero-order valence-corrected chi connectivity index (χ0v) is 10.9. The number of hydrogen-bond donors (Lipinski definition) is 0. The van der Waals surface area contributed by atoms with E-state index in [1.165, 1.54) is 20.2 Å². The molecule has 0 aliphatic heterocycles. The monoisotopic (exact) mass is 267 g/mol. The molecular formula is C9H11Cl2NO2S. The second-order valence-electron chi connectivity index (χ2n) is 3.32. The molecule has 0 aliphatic rings. The highest BCUT2D eigenvalue weighted by Gasteiger charge is 2.20. The van der Waals surface area contributed by atoms with E-state index in [9.17, 15) is 8.42 Å². The van der Waals surface area contributed by atoms with Crippen LogP contribution in [0, 0.1) is 6.92 Å². The first-order valence-corrected chi connectivity index (χ1v) is 6.34. The first-order valence-electron chi connectivity index (χ1n) is 4.15. The van der Waals surface area contributed by atoms with E-state index in [0.29, 0.717) is 10.6 Å². The molecule has 0 saturated heterocycles. The lowest BCUT2D eigenvalue weighted by Gasteiger charge is -2.14.